The number of hydrogen-bond donors (Lipinski definition) is 2. The van der Waals surface area contributed by atoms with Gasteiger partial charge in [0.1, 0.15) is 17.1 Å². The third-order valence-corrected chi connectivity index (χ3v) is 6.33. The van der Waals surface area contributed by atoms with E-state index in [9.17, 15) is 9.90 Å². The minimum Gasteiger partial charge on any atom is -0.497 e. The Labute approximate surface area is 194 Å². The third-order valence-electron chi connectivity index (χ3n) is 6.33. The molecule has 6 heteroatoms. The highest BCUT2D eigenvalue weighted by molar-refractivity contribution is 6.01. The van der Waals surface area contributed by atoms with Crippen molar-refractivity contribution >= 4 is 17.7 Å². The summed E-state index contributed by atoms with van der Waals surface area (Å²) in [5, 5.41) is 15.1. The van der Waals surface area contributed by atoms with Gasteiger partial charge in [0.2, 0.25) is 0 Å². The van der Waals surface area contributed by atoms with Crippen molar-refractivity contribution in [2.45, 2.75) is 50.9 Å². The van der Waals surface area contributed by atoms with Crippen molar-refractivity contribution in [3.05, 3.63) is 70.8 Å². The second kappa shape index (κ2) is 8.69. The van der Waals surface area contributed by atoms with Gasteiger partial charge in [0, 0.05) is 12.7 Å². The van der Waals surface area contributed by atoms with Crippen LogP contribution in [0.1, 0.15) is 50.3 Å². The zero-order valence-corrected chi connectivity index (χ0v) is 19.8. The van der Waals surface area contributed by atoms with E-state index in [4.69, 9.17) is 14.2 Å². The smallest absolute Gasteiger partial charge is 0.257 e. The largest absolute Gasteiger partial charge is 0.497 e. The van der Waals surface area contributed by atoms with Gasteiger partial charge in [0.25, 0.3) is 5.91 Å². The lowest BCUT2D eigenvalue weighted by Gasteiger charge is -2.43. The van der Waals surface area contributed by atoms with Gasteiger partial charge in [-0.3, -0.25) is 4.79 Å². The maximum Gasteiger partial charge on any atom is 0.257 e. The lowest BCUT2D eigenvalue weighted by atomic mass is 9.76. The van der Waals surface area contributed by atoms with Crippen LogP contribution in [0.5, 0.6) is 11.5 Å². The molecule has 6 nitrogen and oxygen atoms in total. The number of aliphatic hydroxyl groups is 1. The summed E-state index contributed by atoms with van der Waals surface area (Å²) in [7, 11) is 2.98. The molecule has 2 aromatic rings. The first-order valence-electron chi connectivity index (χ1n) is 11.1. The summed E-state index contributed by atoms with van der Waals surface area (Å²) in [5.74, 6) is 0.690. The highest BCUT2D eigenvalue weighted by Crippen LogP contribution is 2.51. The van der Waals surface area contributed by atoms with Crippen molar-refractivity contribution in [2.24, 2.45) is 0 Å². The predicted molar refractivity (Wildman–Crippen MR) is 129 cm³/mol. The molecule has 2 N–H and O–H groups in total. The van der Waals surface area contributed by atoms with E-state index in [2.05, 4.69) is 31.3 Å². The number of anilines is 1. The Balaban J connectivity index is 1.89. The molecule has 2 aliphatic rings. The Kier molecular flexibility index (Phi) is 6.08. The van der Waals surface area contributed by atoms with Crippen LogP contribution in [-0.4, -0.2) is 36.9 Å². The van der Waals surface area contributed by atoms with E-state index in [1.807, 2.05) is 19.1 Å². The van der Waals surface area contributed by atoms with Crippen molar-refractivity contribution in [1.29, 1.82) is 0 Å². The predicted octanol–water partition coefficient (Wildman–Crippen LogP) is 4.81. The number of benzene rings is 2. The Morgan fingerprint density at radius 2 is 2.03 bits per heavy atom. The molecule has 2 aliphatic heterocycles. The highest BCUT2D eigenvalue weighted by Gasteiger charge is 2.52. The van der Waals surface area contributed by atoms with E-state index in [1.165, 1.54) is 12.7 Å². The van der Waals surface area contributed by atoms with E-state index in [0.717, 1.165) is 18.4 Å². The number of nitrogens with one attached hydrogen (secondary N) is 1. The van der Waals surface area contributed by atoms with Gasteiger partial charge in [0.15, 0.2) is 11.7 Å². The molecular formula is C27H31NO5. The molecule has 3 atom stereocenters. The lowest BCUT2D eigenvalue weighted by molar-refractivity contribution is -0.142. The molecular weight excluding hydrogens is 418 g/mol. The fraction of sp³-hybridized carbons (Fsp3) is 0.370. The first-order chi connectivity index (χ1) is 15.7. The van der Waals surface area contributed by atoms with E-state index in [0.29, 0.717) is 28.3 Å². The minimum atomic E-state index is -1.78. The van der Waals surface area contributed by atoms with Crippen molar-refractivity contribution < 1.29 is 24.1 Å². The van der Waals surface area contributed by atoms with Crippen molar-refractivity contribution in [2.75, 3.05) is 19.5 Å². The molecule has 0 saturated carbocycles. The topological polar surface area (TPSA) is 77.0 Å². The molecule has 0 aliphatic carbocycles. The fourth-order valence-corrected chi connectivity index (χ4v) is 4.59. The first-order valence-corrected chi connectivity index (χ1v) is 11.1. The number of hydrogen-bond acceptors (Lipinski definition) is 5. The van der Waals surface area contributed by atoms with Gasteiger partial charge in [-0.05, 0) is 69.5 Å². The summed E-state index contributed by atoms with van der Waals surface area (Å²) in [6, 6.07) is 10.7. The summed E-state index contributed by atoms with van der Waals surface area (Å²) in [6.45, 7) is 6.19. The molecule has 2 aromatic carbocycles. The maximum atomic E-state index is 12.9. The van der Waals surface area contributed by atoms with Gasteiger partial charge in [0.05, 0.1) is 18.4 Å². The molecule has 0 aromatic heterocycles. The van der Waals surface area contributed by atoms with Gasteiger partial charge in [-0.1, -0.05) is 29.9 Å². The van der Waals surface area contributed by atoms with Gasteiger partial charge in [-0.15, -0.1) is 0 Å². The molecule has 4 rings (SSSR count). The van der Waals surface area contributed by atoms with Crippen LogP contribution in [0, 0.1) is 0 Å². The Bertz CT molecular complexity index is 1130. The number of allylic oxidation sites excluding steroid dienone is 2. The second-order valence-electron chi connectivity index (χ2n) is 9.08. The van der Waals surface area contributed by atoms with Gasteiger partial charge in [-0.2, -0.15) is 0 Å². The first kappa shape index (κ1) is 23.1. The monoisotopic (exact) mass is 449 g/mol. The van der Waals surface area contributed by atoms with Crippen LogP contribution >= 0.6 is 0 Å². The van der Waals surface area contributed by atoms with Crippen LogP contribution in [-0.2, 0) is 15.1 Å². The van der Waals surface area contributed by atoms with Gasteiger partial charge in [-0.25, -0.2) is 0 Å². The molecule has 1 amide bonds. The molecule has 2 heterocycles. The average molecular weight is 450 g/mol. The summed E-state index contributed by atoms with van der Waals surface area (Å²) in [4.78, 5) is 12.9. The number of amides is 1. The Morgan fingerprint density at radius 3 is 2.73 bits per heavy atom. The Morgan fingerprint density at radius 1 is 1.24 bits per heavy atom. The molecule has 0 unspecified atom stereocenters. The van der Waals surface area contributed by atoms with E-state index >= 15 is 0 Å². The number of methoxy groups -OCH3 is 2. The van der Waals surface area contributed by atoms with Crippen molar-refractivity contribution in [3.63, 3.8) is 0 Å². The molecule has 0 radical (unpaired) electrons. The molecule has 174 valence electrons. The van der Waals surface area contributed by atoms with Crippen LogP contribution in [0.25, 0.3) is 6.08 Å². The molecule has 0 fully saturated rings. The summed E-state index contributed by atoms with van der Waals surface area (Å²) < 4.78 is 17.5. The van der Waals surface area contributed by atoms with Crippen LogP contribution in [0.15, 0.2) is 54.1 Å². The van der Waals surface area contributed by atoms with E-state index in [1.54, 1.807) is 37.4 Å². The summed E-state index contributed by atoms with van der Waals surface area (Å²) >= 11 is 0. The fourth-order valence-electron chi connectivity index (χ4n) is 4.59. The molecule has 0 spiro atoms. The van der Waals surface area contributed by atoms with E-state index in [-0.39, 0.29) is 0 Å². The SMILES string of the molecule is COc1cccc([C@]2(O)c3c(ccc4c3O[C@@](C)(CCC=C(C)C)C=C4)NC(=O)[C@H]2OC)c1. The zero-order chi connectivity index (χ0) is 23.8. The Hall–Kier alpha value is -3.09. The van der Waals surface area contributed by atoms with Crippen LogP contribution in [0.3, 0.4) is 0 Å². The summed E-state index contributed by atoms with van der Waals surface area (Å²) in [5.41, 5.74) is 1.22. The lowest BCUT2D eigenvalue weighted by Crippen LogP contribution is -2.53. The maximum absolute atomic E-state index is 12.9. The zero-order valence-electron chi connectivity index (χ0n) is 19.8. The highest BCUT2D eigenvalue weighted by atomic mass is 16.5. The van der Waals surface area contributed by atoms with Crippen LogP contribution in [0.4, 0.5) is 5.69 Å². The number of fused-ring (bicyclic) bond motifs is 3. The standard InChI is InChI=1S/C27H31NO5/c1-17(2)8-7-14-26(3)15-13-18-11-12-21-22(23(18)33-26)27(30,24(32-5)25(29)28-21)19-9-6-10-20(16-19)31-4/h6,8-13,15-16,24,30H,7,14H2,1-5H3,(H,28,29)/t24-,26+,27+/m1/s1. The van der Waals surface area contributed by atoms with Gasteiger partial charge >= 0.3 is 0 Å². The quantitative estimate of drug-likeness (QED) is 0.619. The number of ether oxygens (including phenoxy) is 3. The second-order valence-corrected chi connectivity index (χ2v) is 9.08. The summed E-state index contributed by atoms with van der Waals surface area (Å²) in [6.07, 6.45) is 6.73. The average Bonchev–Trinajstić information content (AvgIpc) is 2.78. The van der Waals surface area contributed by atoms with Crippen LogP contribution < -0.4 is 14.8 Å². The molecule has 0 saturated heterocycles. The van der Waals surface area contributed by atoms with Crippen molar-refractivity contribution in [1.82, 2.24) is 0 Å². The number of carbonyl (C=O) groups is 1. The van der Waals surface area contributed by atoms with Gasteiger partial charge < -0.3 is 24.6 Å². The van der Waals surface area contributed by atoms with Crippen molar-refractivity contribution in [3.8, 4) is 11.5 Å². The number of carbonyl (C=O) groups excluding carboxylic acids is 1. The molecule has 0 bridgehead atoms. The molecule has 33 heavy (non-hydrogen) atoms. The normalized spacial score (nSPS) is 25.4. The van der Waals surface area contributed by atoms with Crippen LogP contribution in [0.2, 0.25) is 0 Å². The van der Waals surface area contributed by atoms with E-state index < -0.39 is 23.2 Å². The minimum absolute atomic E-state index is 0.423. The number of rotatable bonds is 6. The third kappa shape index (κ3) is 4.05.